The number of nitrogens with one attached hydrogen (secondary N) is 2. The van der Waals surface area contributed by atoms with Crippen LogP contribution < -0.4 is 10.8 Å². The Balaban J connectivity index is 1.89. The lowest BCUT2D eigenvalue weighted by Gasteiger charge is -2.22. The van der Waals surface area contributed by atoms with E-state index in [0.717, 1.165) is 12.1 Å². The number of carbonyl (C=O) groups excluding carboxylic acids is 3. The molecule has 1 aromatic carbocycles. The molecule has 0 saturated carbocycles. The van der Waals surface area contributed by atoms with Crippen LogP contribution in [-0.4, -0.2) is 57.1 Å². The van der Waals surface area contributed by atoms with Gasteiger partial charge in [0.15, 0.2) is 11.9 Å². The molecule has 3 rings (SSSR count). The summed E-state index contributed by atoms with van der Waals surface area (Å²) < 4.78 is 15.9. The Kier molecular flexibility index (Phi) is 9.76. The minimum absolute atomic E-state index is 0.0329. The van der Waals surface area contributed by atoms with Crippen LogP contribution in [0.4, 0.5) is 10.1 Å². The van der Waals surface area contributed by atoms with Crippen molar-refractivity contribution in [2.75, 3.05) is 18.9 Å². The summed E-state index contributed by atoms with van der Waals surface area (Å²) in [6.45, 7) is 3.97. The summed E-state index contributed by atoms with van der Waals surface area (Å²) in [6, 6.07) is 6.67. The van der Waals surface area contributed by atoms with E-state index in [-0.39, 0.29) is 44.6 Å². The summed E-state index contributed by atoms with van der Waals surface area (Å²) in [5, 5.41) is 7.07. The van der Waals surface area contributed by atoms with Crippen molar-refractivity contribution in [1.82, 2.24) is 25.1 Å². The minimum Gasteiger partial charge on any atom is -0.344 e. The molecule has 3 amide bonds. The van der Waals surface area contributed by atoms with E-state index >= 15 is 0 Å². The highest BCUT2D eigenvalue weighted by atomic mass is 79.9. The summed E-state index contributed by atoms with van der Waals surface area (Å²) in [4.78, 5) is 49.6. The molecular formula is C23H22Br2ClFN6O4. The fourth-order valence-corrected chi connectivity index (χ4v) is 4.26. The van der Waals surface area contributed by atoms with Crippen molar-refractivity contribution in [3.8, 4) is 5.82 Å². The highest BCUT2D eigenvalue weighted by Crippen LogP contribution is 2.30. The van der Waals surface area contributed by atoms with E-state index in [1.165, 1.54) is 21.8 Å². The molecule has 0 aliphatic carbocycles. The SMILES string of the molecule is CCC(ONC(=O)c1cc(F)cc(Br)c1NC(=O)c1cc(Br)nn1-c1ncccc1Cl)C(=O)N(C)CC. The third kappa shape index (κ3) is 6.72. The summed E-state index contributed by atoms with van der Waals surface area (Å²) in [6.07, 6.45) is 0.831. The number of benzene rings is 1. The van der Waals surface area contributed by atoms with Gasteiger partial charge in [-0.05, 0) is 69.5 Å². The smallest absolute Gasteiger partial charge is 0.277 e. The Hall–Kier alpha value is -2.87. The molecule has 1 atom stereocenters. The Labute approximate surface area is 233 Å². The maximum absolute atomic E-state index is 14.2. The van der Waals surface area contributed by atoms with Crippen LogP contribution in [0, 0.1) is 5.82 Å². The molecule has 0 bridgehead atoms. The molecule has 0 spiro atoms. The Morgan fingerprint density at radius 3 is 2.59 bits per heavy atom. The molecule has 0 fully saturated rings. The molecule has 2 N–H and O–H groups in total. The average molecular weight is 661 g/mol. The molecule has 14 heteroatoms. The van der Waals surface area contributed by atoms with Gasteiger partial charge in [0.1, 0.15) is 16.1 Å². The van der Waals surface area contributed by atoms with Crippen LogP contribution in [0.1, 0.15) is 41.1 Å². The summed E-state index contributed by atoms with van der Waals surface area (Å²) in [5.41, 5.74) is 1.94. The molecule has 2 aromatic heterocycles. The number of carbonyl (C=O) groups is 3. The van der Waals surface area contributed by atoms with E-state index in [2.05, 4.69) is 52.7 Å². The summed E-state index contributed by atoms with van der Waals surface area (Å²) >= 11 is 12.7. The van der Waals surface area contributed by atoms with Crippen LogP contribution in [0.2, 0.25) is 5.02 Å². The number of pyridine rings is 1. The monoisotopic (exact) mass is 658 g/mol. The number of anilines is 1. The number of hydrogen-bond donors (Lipinski definition) is 2. The number of aromatic nitrogens is 3. The number of nitrogens with zero attached hydrogens (tertiary/aromatic N) is 4. The van der Waals surface area contributed by atoms with Gasteiger partial charge in [-0.15, -0.1) is 0 Å². The van der Waals surface area contributed by atoms with Crippen LogP contribution in [0.5, 0.6) is 0 Å². The predicted molar refractivity (Wildman–Crippen MR) is 142 cm³/mol. The second kappa shape index (κ2) is 12.6. The molecule has 0 saturated heterocycles. The maximum atomic E-state index is 14.2. The van der Waals surface area contributed by atoms with Crippen molar-refractivity contribution in [1.29, 1.82) is 0 Å². The lowest BCUT2D eigenvalue weighted by atomic mass is 10.1. The zero-order valence-corrected chi connectivity index (χ0v) is 23.8. The van der Waals surface area contributed by atoms with Gasteiger partial charge in [0, 0.05) is 30.3 Å². The highest BCUT2D eigenvalue weighted by molar-refractivity contribution is 9.10. The van der Waals surface area contributed by atoms with Gasteiger partial charge in [-0.3, -0.25) is 19.2 Å². The van der Waals surface area contributed by atoms with Crippen molar-refractivity contribution >= 4 is 66.9 Å². The second-order valence-corrected chi connectivity index (χ2v) is 9.71. The first-order valence-corrected chi connectivity index (χ1v) is 12.9. The van der Waals surface area contributed by atoms with Crippen molar-refractivity contribution in [3.63, 3.8) is 0 Å². The zero-order chi connectivity index (χ0) is 27.3. The van der Waals surface area contributed by atoms with Crippen molar-refractivity contribution in [2.45, 2.75) is 26.4 Å². The number of rotatable bonds is 9. The standard InChI is InChI=1S/C23H22Br2ClFN6O4/c1-4-17(23(36)32(3)5-2)37-31-21(34)13-9-12(27)10-14(24)19(13)29-22(35)16-11-18(25)30-33(16)20-15(26)7-6-8-28-20/h6-11,17H,4-5H2,1-3H3,(H,29,35)(H,31,34). The van der Waals surface area contributed by atoms with Crippen LogP contribution in [-0.2, 0) is 9.63 Å². The van der Waals surface area contributed by atoms with Gasteiger partial charge in [0.2, 0.25) is 0 Å². The first kappa shape index (κ1) is 28.7. The van der Waals surface area contributed by atoms with Crippen LogP contribution in [0.15, 0.2) is 45.6 Å². The molecule has 10 nitrogen and oxygen atoms in total. The van der Waals surface area contributed by atoms with Gasteiger partial charge in [0.25, 0.3) is 17.7 Å². The molecule has 37 heavy (non-hydrogen) atoms. The topological polar surface area (TPSA) is 118 Å². The van der Waals surface area contributed by atoms with E-state index in [0.29, 0.717) is 11.1 Å². The zero-order valence-electron chi connectivity index (χ0n) is 19.9. The van der Waals surface area contributed by atoms with Gasteiger partial charge in [-0.2, -0.15) is 5.10 Å². The number of hydrogen-bond acceptors (Lipinski definition) is 6. The second-order valence-electron chi connectivity index (χ2n) is 7.64. The molecule has 2 heterocycles. The third-order valence-electron chi connectivity index (χ3n) is 5.18. The van der Waals surface area contributed by atoms with Gasteiger partial charge < -0.3 is 10.2 Å². The van der Waals surface area contributed by atoms with Crippen molar-refractivity contribution < 1.29 is 23.6 Å². The predicted octanol–water partition coefficient (Wildman–Crippen LogP) is 4.76. The molecule has 0 aliphatic heterocycles. The number of hydroxylamine groups is 1. The van der Waals surface area contributed by atoms with Crippen molar-refractivity contribution in [2.24, 2.45) is 0 Å². The third-order valence-corrected chi connectivity index (χ3v) is 6.49. The normalized spacial score (nSPS) is 11.6. The van der Waals surface area contributed by atoms with E-state index in [4.69, 9.17) is 16.4 Å². The van der Waals surface area contributed by atoms with Crippen LogP contribution in [0.3, 0.4) is 0 Å². The summed E-state index contributed by atoms with van der Waals surface area (Å²) in [5.74, 6) is -2.42. The first-order valence-electron chi connectivity index (χ1n) is 10.9. The van der Waals surface area contributed by atoms with E-state index in [9.17, 15) is 18.8 Å². The van der Waals surface area contributed by atoms with Gasteiger partial charge in [0.05, 0.1) is 16.3 Å². The molecule has 3 aromatic rings. The number of halogens is 4. The minimum atomic E-state index is -0.946. The van der Waals surface area contributed by atoms with Gasteiger partial charge >= 0.3 is 0 Å². The van der Waals surface area contributed by atoms with Crippen LogP contribution >= 0.6 is 43.5 Å². The number of likely N-dealkylation sites (N-methyl/N-ethyl adjacent to an activating group) is 1. The fourth-order valence-electron chi connectivity index (χ4n) is 3.16. The van der Waals surface area contributed by atoms with E-state index in [1.54, 1.807) is 33.0 Å². The van der Waals surface area contributed by atoms with E-state index in [1.807, 2.05) is 0 Å². The quantitative estimate of drug-likeness (QED) is 0.320. The average Bonchev–Trinajstić information content (AvgIpc) is 3.26. The van der Waals surface area contributed by atoms with E-state index < -0.39 is 23.7 Å². The van der Waals surface area contributed by atoms with Crippen LogP contribution in [0.25, 0.3) is 5.82 Å². The number of amides is 3. The molecular weight excluding hydrogens is 639 g/mol. The Bertz CT molecular complexity index is 1340. The largest absolute Gasteiger partial charge is 0.344 e. The lowest BCUT2D eigenvalue weighted by molar-refractivity contribution is -0.146. The highest BCUT2D eigenvalue weighted by Gasteiger charge is 2.25. The molecule has 196 valence electrons. The molecule has 1 unspecified atom stereocenters. The molecule has 0 aliphatic rings. The summed E-state index contributed by atoms with van der Waals surface area (Å²) in [7, 11) is 1.61. The van der Waals surface area contributed by atoms with Gasteiger partial charge in [-0.25, -0.2) is 19.5 Å². The fraction of sp³-hybridized carbons (Fsp3) is 0.261. The van der Waals surface area contributed by atoms with Crippen molar-refractivity contribution in [3.05, 3.63) is 67.7 Å². The van der Waals surface area contributed by atoms with Gasteiger partial charge in [-0.1, -0.05) is 18.5 Å². The lowest BCUT2D eigenvalue weighted by Crippen LogP contribution is -2.41. The first-order chi connectivity index (χ1) is 17.6. The Morgan fingerprint density at radius 1 is 1.22 bits per heavy atom. The Morgan fingerprint density at radius 2 is 1.95 bits per heavy atom. The molecule has 0 radical (unpaired) electrons. The maximum Gasteiger partial charge on any atom is 0.277 e.